The zero-order chi connectivity index (χ0) is 19.0. The Hall–Kier alpha value is -1.08. The van der Waals surface area contributed by atoms with E-state index in [1.165, 1.54) is 6.42 Å². The smallest absolute Gasteiger partial charge is 0.240 e. The molecular formula is C21H39N3O. The number of hydrogen-bond acceptors (Lipinski definition) is 3. The number of carbonyl (C=O) groups excluding carboxylic acids is 1. The van der Waals surface area contributed by atoms with Gasteiger partial charge in [0.05, 0.1) is 6.07 Å². The molecule has 144 valence electrons. The molecule has 3 unspecified atom stereocenters. The highest BCUT2D eigenvalue weighted by Gasteiger charge is 2.36. The topological polar surface area (TPSA) is 47.3 Å². The molecule has 1 amide bonds. The molecule has 0 aromatic rings. The zero-order valence-electron chi connectivity index (χ0n) is 17.3. The summed E-state index contributed by atoms with van der Waals surface area (Å²) in [6, 6.07) is 2.61. The minimum absolute atomic E-state index is 0.00826. The summed E-state index contributed by atoms with van der Waals surface area (Å²) >= 11 is 0. The molecule has 0 aromatic heterocycles. The molecule has 0 spiro atoms. The lowest BCUT2D eigenvalue weighted by atomic mass is 9.81. The van der Waals surface area contributed by atoms with Crippen LogP contribution in [0.4, 0.5) is 0 Å². The van der Waals surface area contributed by atoms with Crippen LogP contribution in [0.2, 0.25) is 0 Å². The molecule has 0 N–H and O–H groups in total. The third-order valence-corrected chi connectivity index (χ3v) is 5.72. The number of piperidine rings is 1. The van der Waals surface area contributed by atoms with Crippen LogP contribution in [0.25, 0.3) is 0 Å². The van der Waals surface area contributed by atoms with Crippen LogP contribution in [0.15, 0.2) is 0 Å². The van der Waals surface area contributed by atoms with Gasteiger partial charge in [-0.15, -0.1) is 0 Å². The Bertz CT molecular complexity index is 449. The summed E-state index contributed by atoms with van der Waals surface area (Å²) in [6.07, 6.45) is 6.44. The first kappa shape index (κ1) is 22.0. The normalized spacial score (nSPS) is 21.0. The minimum atomic E-state index is -0.523. The maximum Gasteiger partial charge on any atom is 0.240 e. The first-order valence-corrected chi connectivity index (χ1v) is 10.2. The van der Waals surface area contributed by atoms with Crippen molar-refractivity contribution in [3.63, 3.8) is 0 Å². The van der Waals surface area contributed by atoms with Gasteiger partial charge in [0.25, 0.3) is 0 Å². The molecule has 1 rings (SSSR count). The van der Waals surface area contributed by atoms with E-state index in [1.807, 2.05) is 4.90 Å². The van der Waals surface area contributed by atoms with E-state index >= 15 is 0 Å². The standard InChI is InChI=1S/C21H39N3O/c1-7-12-23(13-8-2)21(5,6)15-17(3)19(16-22)20(25)24-14-10-9-11-18(24)4/h17-19H,7-15H2,1-6H3. The number of nitriles is 1. The third-order valence-electron chi connectivity index (χ3n) is 5.72. The van der Waals surface area contributed by atoms with E-state index in [2.05, 4.69) is 52.5 Å². The van der Waals surface area contributed by atoms with E-state index < -0.39 is 5.92 Å². The van der Waals surface area contributed by atoms with Crippen molar-refractivity contribution < 1.29 is 4.79 Å². The molecule has 25 heavy (non-hydrogen) atoms. The molecule has 4 nitrogen and oxygen atoms in total. The Morgan fingerprint density at radius 1 is 1.28 bits per heavy atom. The summed E-state index contributed by atoms with van der Waals surface area (Å²) in [4.78, 5) is 17.5. The van der Waals surface area contributed by atoms with Gasteiger partial charge in [0, 0.05) is 18.1 Å². The van der Waals surface area contributed by atoms with Gasteiger partial charge in [-0.25, -0.2) is 0 Å². The van der Waals surface area contributed by atoms with Gasteiger partial charge in [0.15, 0.2) is 0 Å². The predicted molar refractivity (Wildman–Crippen MR) is 104 cm³/mol. The van der Waals surface area contributed by atoms with E-state index in [1.54, 1.807) is 0 Å². The first-order chi connectivity index (χ1) is 11.8. The van der Waals surface area contributed by atoms with Gasteiger partial charge in [0.1, 0.15) is 5.92 Å². The van der Waals surface area contributed by atoms with E-state index in [-0.39, 0.29) is 23.4 Å². The fourth-order valence-corrected chi connectivity index (χ4v) is 4.32. The second-order valence-corrected chi connectivity index (χ2v) is 8.46. The number of nitrogens with zero attached hydrogens (tertiary/aromatic N) is 3. The lowest BCUT2D eigenvalue weighted by molar-refractivity contribution is -0.138. The highest BCUT2D eigenvalue weighted by atomic mass is 16.2. The zero-order valence-corrected chi connectivity index (χ0v) is 17.3. The van der Waals surface area contributed by atoms with Crippen LogP contribution >= 0.6 is 0 Å². The summed E-state index contributed by atoms with van der Waals surface area (Å²) in [7, 11) is 0. The molecule has 4 heteroatoms. The van der Waals surface area contributed by atoms with Crippen LogP contribution < -0.4 is 0 Å². The number of rotatable bonds is 9. The van der Waals surface area contributed by atoms with E-state index in [0.29, 0.717) is 0 Å². The fourth-order valence-electron chi connectivity index (χ4n) is 4.32. The fraction of sp³-hybridized carbons (Fsp3) is 0.905. The van der Waals surface area contributed by atoms with Crippen molar-refractivity contribution in [2.24, 2.45) is 11.8 Å². The van der Waals surface area contributed by atoms with Crippen molar-refractivity contribution in [1.29, 1.82) is 5.26 Å². The van der Waals surface area contributed by atoms with Crippen molar-refractivity contribution in [2.75, 3.05) is 19.6 Å². The van der Waals surface area contributed by atoms with Crippen molar-refractivity contribution in [2.45, 2.75) is 91.6 Å². The summed E-state index contributed by atoms with van der Waals surface area (Å²) in [6.45, 7) is 16.1. The Labute approximate surface area is 155 Å². The SMILES string of the molecule is CCCN(CCC)C(C)(C)CC(C)C(C#N)C(=O)N1CCCCC1C. The van der Waals surface area contributed by atoms with Crippen LogP contribution in [-0.4, -0.2) is 46.9 Å². The average molecular weight is 350 g/mol. The average Bonchev–Trinajstić information content (AvgIpc) is 2.55. The van der Waals surface area contributed by atoms with Gasteiger partial charge in [0.2, 0.25) is 5.91 Å². The second kappa shape index (κ2) is 10.2. The number of amides is 1. The Morgan fingerprint density at radius 2 is 1.88 bits per heavy atom. The van der Waals surface area contributed by atoms with Crippen LogP contribution in [-0.2, 0) is 4.79 Å². The molecule has 3 atom stereocenters. The summed E-state index contributed by atoms with van der Waals surface area (Å²) < 4.78 is 0. The van der Waals surface area contributed by atoms with Crippen LogP contribution in [0.1, 0.15) is 80.1 Å². The molecule has 0 radical (unpaired) electrons. The van der Waals surface area contributed by atoms with Gasteiger partial charge in [-0.2, -0.15) is 5.26 Å². The molecule has 0 aromatic carbocycles. The summed E-state index contributed by atoms with van der Waals surface area (Å²) in [5.41, 5.74) is 0.00826. The Morgan fingerprint density at radius 3 is 2.36 bits per heavy atom. The quantitative estimate of drug-likeness (QED) is 0.617. The van der Waals surface area contributed by atoms with Crippen LogP contribution in [0.5, 0.6) is 0 Å². The molecule has 1 fully saturated rings. The van der Waals surface area contributed by atoms with Crippen molar-refractivity contribution in [3.8, 4) is 6.07 Å². The Kier molecular flexibility index (Phi) is 8.93. The summed E-state index contributed by atoms with van der Waals surface area (Å²) in [5.74, 6) is -0.404. The molecular weight excluding hydrogens is 310 g/mol. The van der Waals surface area contributed by atoms with E-state index in [4.69, 9.17) is 0 Å². The van der Waals surface area contributed by atoms with Crippen molar-refractivity contribution >= 4 is 5.91 Å². The van der Waals surface area contributed by atoms with E-state index in [0.717, 1.165) is 51.7 Å². The van der Waals surface area contributed by atoms with Gasteiger partial charge in [-0.05, 0) is 78.3 Å². The van der Waals surface area contributed by atoms with Gasteiger partial charge in [-0.3, -0.25) is 9.69 Å². The predicted octanol–water partition coefficient (Wildman–Crippen LogP) is 4.45. The van der Waals surface area contributed by atoms with Crippen molar-refractivity contribution in [1.82, 2.24) is 9.80 Å². The Balaban J connectivity index is 2.81. The molecule has 1 aliphatic rings. The second-order valence-electron chi connectivity index (χ2n) is 8.46. The largest absolute Gasteiger partial charge is 0.339 e. The molecule has 0 aliphatic carbocycles. The van der Waals surface area contributed by atoms with Gasteiger partial charge < -0.3 is 4.90 Å². The number of carbonyl (C=O) groups is 1. The lowest BCUT2D eigenvalue weighted by Gasteiger charge is -2.42. The summed E-state index contributed by atoms with van der Waals surface area (Å²) in [5, 5.41) is 9.71. The number of hydrogen-bond donors (Lipinski definition) is 0. The molecule has 0 saturated carbocycles. The van der Waals surface area contributed by atoms with Crippen molar-refractivity contribution in [3.05, 3.63) is 0 Å². The molecule has 1 aliphatic heterocycles. The third kappa shape index (κ3) is 5.99. The van der Waals surface area contributed by atoms with E-state index in [9.17, 15) is 10.1 Å². The van der Waals surface area contributed by atoms with Gasteiger partial charge in [-0.1, -0.05) is 20.8 Å². The molecule has 1 heterocycles. The maximum atomic E-state index is 13.0. The van der Waals surface area contributed by atoms with Crippen LogP contribution in [0, 0.1) is 23.2 Å². The van der Waals surface area contributed by atoms with Crippen LogP contribution in [0.3, 0.4) is 0 Å². The molecule has 0 bridgehead atoms. The van der Waals surface area contributed by atoms with Gasteiger partial charge >= 0.3 is 0 Å². The maximum absolute atomic E-state index is 13.0. The minimum Gasteiger partial charge on any atom is -0.339 e. The highest BCUT2D eigenvalue weighted by Crippen LogP contribution is 2.30. The first-order valence-electron chi connectivity index (χ1n) is 10.2. The monoisotopic (exact) mass is 349 g/mol. The lowest BCUT2D eigenvalue weighted by Crippen LogP contribution is -2.49. The molecule has 1 saturated heterocycles. The number of likely N-dealkylation sites (tertiary alicyclic amines) is 1. The highest BCUT2D eigenvalue weighted by molar-refractivity contribution is 5.81.